The third kappa shape index (κ3) is 6.67. The number of nitrogens with one attached hydrogen (secondary N) is 3. The van der Waals surface area contributed by atoms with Gasteiger partial charge in [0.05, 0.1) is 25.6 Å². The van der Waals surface area contributed by atoms with E-state index in [1.54, 1.807) is 26.1 Å². The molecule has 3 rings (SSSR count). The van der Waals surface area contributed by atoms with E-state index in [-0.39, 0.29) is 10.4 Å². The number of pyridine rings is 1. The first kappa shape index (κ1) is 24.0. The summed E-state index contributed by atoms with van der Waals surface area (Å²) in [7, 11) is -3.14. The van der Waals surface area contributed by atoms with Gasteiger partial charge in [0.2, 0.25) is 0 Å². The molecule has 0 amide bonds. The van der Waals surface area contributed by atoms with Gasteiger partial charge < -0.3 is 25.0 Å². The minimum absolute atomic E-state index is 0. The largest absolute Gasteiger partial charge is 0.363 e. The van der Waals surface area contributed by atoms with Crippen LogP contribution in [0.15, 0.2) is 42.6 Å². The first-order valence-electron chi connectivity index (χ1n) is 10.4. The zero-order valence-corrected chi connectivity index (χ0v) is 20.0. The van der Waals surface area contributed by atoms with Crippen LogP contribution in [-0.4, -0.2) is 39.8 Å². The van der Waals surface area contributed by atoms with E-state index >= 15 is 0 Å². The number of rotatable bonds is 10. The first-order valence-corrected chi connectivity index (χ1v) is 12.5. The summed E-state index contributed by atoms with van der Waals surface area (Å²) in [4.78, 5) is 13.4. The van der Waals surface area contributed by atoms with Gasteiger partial charge in [0.1, 0.15) is 11.3 Å². The molecule has 3 aromatic rings. The standard InChI is InChI=1S/C21H27N6O3PS.3H2/c1-4-22-21(32)27-18-12-11-17-20(25-18)26-19(13-23-17)24-16-9-7-15(8-10-16)14-31(28,29-5-2)30-6-3;;;/h7-13H,4-6,14H2,1-3H3,(H3,22,24,25,26,27,32);3*1H. The number of hydrogen-bond donors (Lipinski definition) is 3. The second kappa shape index (κ2) is 11.3. The van der Waals surface area contributed by atoms with Gasteiger partial charge in [0.15, 0.2) is 16.6 Å². The van der Waals surface area contributed by atoms with Gasteiger partial charge >= 0.3 is 7.60 Å². The number of anilines is 3. The molecule has 0 bridgehead atoms. The lowest BCUT2D eigenvalue weighted by molar-refractivity contribution is 0.219. The quantitative estimate of drug-likeness (QED) is 0.251. The van der Waals surface area contributed by atoms with Gasteiger partial charge in [-0.05, 0) is 62.8 Å². The predicted octanol–water partition coefficient (Wildman–Crippen LogP) is 5.58. The fourth-order valence-corrected chi connectivity index (χ4v) is 4.89. The van der Waals surface area contributed by atoms with Crippen molar-refractivity contribution in [2.24, 2.45) is 0 Å². The third-order valence-corrected chi connectivity index (χ3v) is 6.54. The summed E-state index contributed by atoms with van der Waals surface area (Å²) in [6.45, 7) is 6.96. The van der Waals surface area contributed by atoms with Gasteiger partial charge in [-0.1, -0.05) is 12.1 Å². The number of hydrogen-bond acceptors (Lipinski definition) is 8. The van der Waals surface area contributed by atoms with Gasteiger partial charge in [0, 0.05) is 16.5 Å². The number of nitrogens with zero attached hydrogens (tertiary/aromatic N) is 3. The maximum Gasteiger partial charge on any atom is 0.335 e. The molecule has 0 aliphatic heterocycles. The van der Waals surface area contributed by atoms with Gasteiger partial charge in [-0.25, -0.2) is 15.0 Å². The van der Waals surface area contributed by atoms with Crippen LogP contribution < -0.4 is 16.0 Å². The van der Waals surface area contributed by atoms with E-state index in [1.165, 1.54) is 0 Å². The van der Waals surface area contributed by atoms with Crippen LogP contribution >= 0.6 is 19.8 Å². The van der Waals surface area contributed by atoms with Crippen LogP contribution in [0.1, 0.15) is 30.6 Å². The maximum absolute atomic E-state index is 12.7. The van der Waals surface area contributed by atoms with Crippen molar-refractivity contribution in [1.82, 2.24) is 20.3 Å². The fraction of sp³-hybridized carbons (Fsp3) is 0.333. The monoisotopic (exact) mass is 480 g/mol. The van der Waals surface area contributed by atoms with Crippen LogP contribution in [0.5, 0.6) is 0 Å². The molecule has 176 valence electrons. The Morgan fingerprint density at radius 3 is 2.38 bits per heavy atom. The van der Waals surface area contributed by atoms with Crippen LogP contribution in [0.2, 0.25) is 0 Å². The average molecular weight is 481 g/mol. The molecule has 0 atom stereocenters. The minimum Gasteiger partial charge on any atom is -0.363 e. The van der Waals surface area contributed by atoms with Crippen molar-refractivity contribution in [2.45, 2.75) is 26.9 Å². The van der Waals surface area contributed by atoms with Crippen molar-refractivity contribution in [3.8, 4) is 0 Å². The highest BCUT2D eigenvalue weighted by atomic mass is 32.1. The summed E-state index contributed by atoms with van der Waals surface area (Å²) in [6, 6.07) is 11.1. The molecule has 0 aliphatic rings. The topological polar surface area (TPSA) is 110 Å². The first-order chi connectivity index (χ1) is 15.4. The van der Waals surface area contributed by atoms with E-state index < -0.39 is 7.60 Å². The Labute approximate surface area is 197 Å². The van der Waals surface area contributed by atoms with Gasteiger partial charge in [0.25, 0.3) is 0 Å². The average Bonchev–Trinajstić information content (AvgIpc) is 2.75. The molecular weight excluding hydrogens is 447 g/mol. The molecule has 9 nitrogen and oxygen atoms in total. The smallest absolute Gasteiger partial charge is 0.335 e. The fourth-order valence-electron chi connectivity index (χ4n) is 2.94. The predicted molar refractivity (Wildman–Crippen MR) is 138 cm³/mol. The van der Waals surface area contributed by atoms with Crippen LogP contribution in [0.3, 0.4) is 0 Å². The van der Waals surface area contributed by atoms with Crippen molar-refractivity contribution in [1.29, 1.82) is 0 Å². The summed E-state index contributed by atoms with van der Waals surface area (Å²) >= 11 is 5.20. The lowest BCUT2D eigenvalue weighted by Gasteiger charge is -2.17. The van der Waals surface area contributed by atoms with Crippen LogP contribution in [0, 0.1) is 0 Å². The Balaban J connectivity index is 0.00000385. The van der Waals surface area contributed by atoms with E-state index in [9.17, 15) is 4.57 Å². The summed E-state index contributed by atoms with van der Waals surface area (Å²) in [6.07, 6.45) is 1.87. The molecule has 0 unspecified atom stereocenters. The number of fused-ring (bicyclic) bond motifs is 1. The number of aromatic nitrogens is 3. The maximum atomic E-state index is 12.7. The molecule has 0 saturated carbocycles. The van der Waals surface area contributed by atoms with Crippen molar-refractivity contribution in [3.05, 3.63) is 48.2 Å². The van der Waals surface area contributed by atoms with E-state index in [0.29, 0.717) is 41.1 Å². The van der Waals surface area contributed by atoms with Crippen molar-refractivity contribution in [2.75, 3.05) is 30.4 Å². The lowest BCUT2D eigenvalue weighted by atomic mass is 10.2. The molecule has 2 heterocycles. The second-order valence-electron chi connectivity index (χ2n) is 6.71. The molecule has 11 heteroatoms. The Morgan fingerprint density at radius 1 is 1.03 bits per heavy atom. The number of thiocarbonyl (C=S) groups is 1. The van der Waals surface area contributed by atoms with Gasteiger partial charge in [-0.15, -0.1) is 0 Å². The molecule has 0 aliphatic carbocycles. The Hall–Kier alpha value is -2.65. The molecule has 1 aromatic carbocycles. The normalized spacial score (nSPS) is 11.3. The van der Waals surface area contributed by atoms with Crippen molar-refractivity contribution >= 4 is 53.4 Å². The summed E-state index contributed by atoms with van der Waals surface area (Å²) in [5.41, 5.74) is 2.84. The molecule has 2 aromatic heterocycles. The van der Waals surface area contributed by atoms with Crippen LogP contribution in [0.4, 0.5) is 17.3 Å². The highest BCUT2D eigenvalue weighted by Gasteiger charge is 2.23. The Kier molecular flexibility index (Phi) is 8.46. The molecule has 3 N–H and O–H groups in total. The van der Waals surface area contributed by atoms with Crippen LogP contribution in [-0.2, 0) is 19.8 Å². The van der Waals surface area contributed by atoms with Crippen molar-refractivity contribution in [3.63, 3.8) is 0 Å². The number of benzene rings is 1. The summed E-state index contributed by atoms with van der Waals surface area (Å²) in [5, 5.41) is 9.75. The zero-order valence-electron chi connectivity index (χ0n) is 18.3. The molecular formula is C21H33N6O3PS. The van der Waals surface area contributed by atoms with E-state index in [4.69, 9.17) is 21.3 Å². The molecule has 0 radical (unpaired) electrons. The van der Waals surface area contributed by atoms with Gasteiger partial charge in [-0.2, -0.15) is 0 Å². The second-order valence-corrected chi connectivity index (χ2v) is 9.17. The van der Waals surface area contributed by atoms with E-state index in [2.05, 4.69) is 30.9 Å². The molecule has 0 fully saturated rings. The van der Waals surface area contributed by atoms with Crippen LogP contribution in [0.25, 0.3) is 11.2 Å². The SMILES string of the molecule is CCNC(=S)Nc1ccc2ncc(Nc3ccc(CP(=O)(OCC)OCC)cc3)nc2n1.[HH].[HH].[HH]. The Bertz CT molecular complexity index is 1120. The van der Waals surface area contributed by atoms with E-state index in [0.717, 1.165) is 17.8 Å². The highest BCUT2D eigenvalue weighted by molar-refractivity contribution is 7.80. The highest BCUT2D eigenvalue weighted by Crippen LogP contribution is 2.51. The minimum atomic E-state index is -3.14. The summed E-state index contributed by atoms with van der Waals surface area (Å²) < 4.78 is 23.4. The Morgan fingerprint density at radius 2 is 1.72 bits per heavy atom. The zero-order chi connectivity index (χ0) is 23.0. The third-order valence-electron chi connectivity index (χ3n) is 4.24. The summed E-state index contributed by atoms with van der Waals surface area (Å²) in [5.74, 6) is 1.14. The van der Waals surface area contributed by atoms with E-state index in [1.807, 2.05) is 37.3 Å². The molecule has 32 heavy (non-hydrogen) atoms. The van der Waals surface area contributed by atoms with Crippen molar-refractivity contribution < 1.29 is 17.9 Å². The molecule has 0 spiro atoms. The van der Waals surface area contributed by atoms with Gasteiger partial charge in [-0.3, -0.25) is 4.57 Å². The molecule has 0 saturated heterocycles. The lowest BCUT2D eigenvalue weighted by Crippen LogP contribution is -2.28.